The second-order valence-electron chi connectivity index (χ2n) is 6.29. The summed E-state index contributed by atoms with van der Waals surface area (Å²) < 4.78 is 63.3. The number of nitrogens with zero attached hydrogens (tertiary/aromatic N) is 2. The average molecular weight is 398 g/mol. The van der Waals surface area contributed by atoms with E-state index in [4.69, 9.17) is 0 Å². The molecule has 2 aromatic rings. The van der Waals surface area contributed by atoms with Crippen molar-refractivity contribution in [2.24, 2.45) is 0 Å². The number of alkyl halides is 3. The highest BCUT2D eigenvalue weighted by Gasteiger charge is 2.37. The Balaban J connectivity index is 1.88. The van der Waals surface area contributed by atoms with Crippen molar-refractivity contribution in [3.05, 3.63) is 53.7 Å². The summed E-state index contributed by atoms with van der Waals surface area (Å²) in [6, 6.07) is 8.67. The van der Waals surface area contributed by atoms with Crippen molar-refractivity contribution in [2.75, 3.05) is 11.4 Å². The molecule has 144 valence electrons. The van der Waals surface area contributed by atoms with Crippen molar-refractivity contribution in [3.8, 4) is 0 Å². The Bertz CT molecular complexity index is 957. The molecule has 1 unspecified atom stereocenters. The molecule has 1 amide bonds. The summed E-state index contributed by atoms with van der Waals surface area (Å²) in [6.07, 6.45) is -2.66. The molecule has 2 heterocycles. The standard InChI is InChI=1S/C18H17F3N2O3S/c1-12(17(24)23-10-4-6-13-5-2-3-7-15(13)23)27(25,26)16-9-8-14(11-22-16)18(19,20)21/h2-3,5,7-9,11-12H,4,6,10H2,1H3. The molecule has 0 spiro atoms. The number of rotatable bonds is 3. The molecule has 9 heteroatoms. The molecule has 0 bridgehead atoms. The highest BCUT2D eigenvalue weighted by atomic mass is 32.2. The number of anilines is 1. The molecule has 0 radical (unpaired) electrons. The van der Waals surface area contributed by atoms with E-state index in [1.807, 2.05) is 12.1 Å². The molecule has 1 aromatic carbocycles. The van der Waals surface area contributed by atoms with Crippen molar-refractivity contribution in [3.63, 3.8) is 0 Å². The van der Waals surface area contributed by atoms with E-state index < -0.39 is 37.8 Å². The Morgan fingerprint density at radius 2 is 1.89 bits per heavy atom. The molecule has 0 N–H and O–H groups in total. The molecular weight excluding hydrogens is 381 g/mol. The van der Waals surface area contributed by atoms with Gasteiger partial charge in [0, 0.05) is 18.4 Å². The van der Waals surface area contributed by atoms with Crippen LogP contribution in [-0.2, 0) is 27.2 Å². The number of halogens is 3. The number of hydrogen-bond acceptors (Lipinski definition) is 4. The van der Waals surface area contributed by atoms with Crippen LogP contribution >= 0.6 is 0 Å². The minimum Gasteiger partial charge on any atom is -0.311 e. The molecule has 0 aliphatic carbocycles. The number of para-hydroxylation sites is 1. The van der Waals surface area contributed by atoms with Crippen LogP contribution in [0, 0.1) is 0 Å². The number of sulfone groups is 1. The Kier molecular flexibility index (Phi) is 4.98. The lowest BCUT2D eigenvalue weighted by molar-refractivity contribution is -0.137. The predicted molar refractivity (Wildman–Crippen MR) is 93.0 cm³/mol. The maximum Gasteiger partial charge on any atom is 0.417 e. The number of aryl methyl sites for hydroxylation is 1. The van der Waals surface area contributed by atoms with Gasteiger partial charge in [0.1, 0.15) is 5.25 Å². The first kappa shape index (κ1) is 19.3. The van der Waals surface area contributed by atoms with Crippen LogP contribution in [0.25, 0.3) is 0 Å². The summed E-state index contributed by atoms with van der Waals surface area (Å²) in [6.45, 7) is 1.62. The third-order valence-corrected chi connectivity index (χ3v) is 6.50. The van der Waals surface area contributed by atoms with E-state index in [9.17, 15) is 26.4 Å². The molecule has 1 aliphatic rings. The molecule has 5 nitrogen and oxygen atoms in total. The number of benzene rings is 1. The van der Waals surface area contributed by atoms with Crippen LogP contribution in [0.15, 0.2) is 47.6 Å². The molecule has 0 fully saturated rings. The van der Waals surface area contributed by atoms with E-state index in [0.29, 0.717) is 30.9 Å². The van der Waals surface area contributed by atoms with Gasteiger partial charge in [-0.2, -0.15) is 13.2 Å². The third kappa shape index (κ3) is 3.69. The lowest BCUT2D eigenvalue weighted by atomic mass is 10.0. The predicted octanol–water partition coefficient (Wildman–Crippen LogP) is 3.24. The fourth-order valence-electron chi connectivity index (χ4n) is 3.01. The van der Waals surface area contributed by atoms with E-state index in [2.05, 4.69) is 4.98 Å². The van der Waals surface area contributed by atoms with Crippen molar-refractivity contribution in [1.29, 1.82) is 0 Å². The van der Waals surface area contributed by atoms with E-state index in [1.54, 1.807) is 12.1 Å². The van der Waals surface area contributed by atoms with Gasteiger partial charge in [0.05, 0.1) is 5.56 Å². The summed E-state index contributed by atoms with van der Waals surface area (Å²) in [4.78, 5) is 17.7. The van der Waals surface area contributed by atoms with Crippen LogP contribution in [0.3, 0.4) is 0 Å². The summed E-state index contributed by atoms with van der Waals surface area (Å²) in [7, 11) is -4.22. The molecule has 0 saturated carbocycles. The maximum absolute atomic E-state index is 12.8. The number of carbonyl (C=O) groups is 1. The second-order valence-corrected chi connectivity index (χ2v) is 8.51. The number of fused-ring (bicyclic) bond motifs is 1. The molecular formula is C18H17F3N2O3S. The number of pyridine rings is 1. The normalized spacial score (nSPS) is 15.9. The smallest absolute Gasteiger partial charge is 0.311 e. The van der Waals surface area contributed by atoms with Crippen LogP contribution in [0.1, 0.15) is 24.5 Å². The zero-order valence-electron chi connectivity index (χ0n) is 14.4. The first-order chi connectivity index (χ1) is 12.6. The fourth-order valence-corrected chi connectivity index (χ4v) is 4.22. The van der Waals surface area contributed by atoms with Gasteiger partial charge >= 0.3 is 6.18 Å². The molecule has 1 aliphatic heterocycles. The molecule has 0 saturated heterocycles. The highest BCUT2D eigenvalue weighted by molar-refractivity contribution is 7.92. The van der Waals surface area contributed by atoms with Crippen LogP contribution in [-0.4, -0.2) is 31.1 Å². The zero-order chi connectivity index (χ0) is 19.8. The van der Waals surface area contributed by atoms with Crippen molar-refractivity contribution in [2.45, 2.75) is 36.2 Å². The van der Waals surface area contributed by atoms with Gasteiger partial charge in [-0.15, -0.1) is 0 Å². The van der Waals surface area contributed by atoms with Crippen molar-refractivity contribution >= 4 is 21.4 Å². The van der Waals surface area contributed by atoms with Gasteiger partial charge in [-0.3, -0.25) is 4.79 Å². The minimum atomic E-state index is -4.62. The number of amides is 1. The van der Waals surface area contributed by atoms with E-state index >= 15 is 0 Å². The second kappa shape index (κ2) is 6.95. The van der Waals surface area contributed by atoms with Gasteiger partial charge in [-0.25, -0.2) is 13.4 Å². The maximum atomic E-state index is 12.8. The van der Waals surface area contributed by atoms with Gasteiger partial charge in [0.15, 0.2) is 5.03 Å². The number of carbonyl (C=O) groups excluding carboxylic acids is 1. The largest absolute Gasteiger partial charge is 0.417 e. The van der Waals surface area contributed by atoms with Gasteiger partial charge < -0.3 is 4.90 Å². The summed E-state index contributed by atoms with van der Waals surface area (Å²) in [5.41, 5.74) is 0.566. The van der Waals surface area contributed by atoms with Gasteiger partial charge in [0.2, 0.25) is 15.7 Å². The number of aromatic nitrogens is 1. The highest BCUT2D eigenvalue weighted by Crippen LogP contribution is 2.31. The average Bonchev–Trinajstić information content (AvgIpc) is 2.65. The third-order valence-electron chi connectivity index (χ3n) is 4.54. The van der Waals surface area contributed by atoms with Gasteiger partial charge in [0.25, 0.3) is 0 Å². The Morgan fingerprint density at radius 1 is 1.19 bits per heavy atom. The first-order valence-corrected chi connectivity index (χ1v) is 9.83. The summed E-state index contributed by atoms with van der Waals surface area (Å²) >= 11 is 0. The Morgan fingerprint density at radius 3 is 2.52 bits per heavy atom. The van der Waals surface area contributed by atoms with E-state index in [1.165, 1.54) is 11.8 Å². The van der Waals surface area contributed by atoms with Crippen LogP contribution in [0.2, 0.25) is 0 Å². The fraction of sp³-hybridized carbons (Fsp3) is 0.333. The molecule has 1 aromatic heterocycles. The first-order valence-electron chi connectivity index (χ1n) is 8.29. The Labute approximate surface area is 154 Å². The van der Waals surface area contributed by atoms with Gasteiger partial charge in [-0.05, 0) is 43.5 Å². The van der Waals surface area contributed by atoms with Crippen LogP contribution < -0.4 is 4.90 Å². The summed E-state index contributed by atoms with van der Waals surface area (Å²) in [5, 5.41) is -2.02. The Hall–Kier alpha value is -2.42. The lowest BCUT2D eigenvalue weighted by Crippen LogP contribution is -2.44. The molecule has 27 heavy (non-hydrogen) atoms. The number of hydrogen-bond donors (Lipinski definition) is 0. The van der Waals surface area contributed by atoms with Gasteiger partial charge in [-0.1, -0.05) is 18.2 Å². The van der Waals surface area contributed by atoms with Crippen LogP contribution in [0.5, 0.6) is 0 Å². The van der Waals surface area contributed by atoms with Crippen molar-refractivity contribution in [1.82, 2.24) is 4.98 Å². The SMILES string of the molecule is CC(C(=O)N1CCCc2ccccc21)S(=O)(=O)c1ccc(C(F)(F)F)cn1. The topological polar surface area (TPSA) is 67.3 Å². The van der Waals surface area contributed by atoms with Crippen LogP contribution in [0.4, 0.5) is 18.9 Å². The molecule has 1 atom stereocenters. The monoisotopic (exact) mass is 398 g/mol. The van der Waals surface area contributed by atoms with E-state index in [-0.39, 0.29) is 0 Å². The van der Waals surface area contributed by atoms with E-state index in [0.717, 1.165) is 18.1 Å². The minimum absolute atomic E-state index is 0.385. The lowest BCUT2D eigenvalue weighted by Gasteiger charge is -2.31. The summed E-state index contributed by atoms with van der Waals surface area (Å²) in [5.74, 6) is -0.621. The quantitative estimate of drug-likeness (QED) is 0.796. The zero-order valence-corrected chi connectivity index (χ0v) is 15.2. The molecule has 3 rings (SSSR count). The van der Waals surface area contributed by atoms with Crippen molar-refractivity contribution < 1.29 is 26.4 Å².